The second-order valence-corrected chi connectivity index (χ2v) is 7.79. The molecule has 0 aliphatic heterocycles. The van der Waals surface area contributed by atoms with E-state index in [0.717, 1.165) is 16.7 Å². The van der Waals surface area contributed by atoms with Crippen molar-refractivity contribution < 1.29 is 14.3 Å². The first-order valence-electron chi connectivity index (χ1n) is 10.9. The standard InChI is InChI=1S/C28H28N2O3/c1-5-32-27-16-22(12-13-26(27)33-18-23-10-6-8-19(2)14-23)15-24(17-29)28(31)30-25-11-7-9-20(3)21(25)4/h6-16H,5,18H2,1-4H3,(H,30,31)/b24-15+. The van der Waals surface area contributed by atoms with Crippen LogP contribution in [0.25, 0.3) is 6.08 Å². The number of benzene rings is 3. The number of hydrogen-bond donors (Lipinski definition) is 1. The highest BCUT2D eigenvalue weighted by molar-refractivity contribution is 6.10. The molecule has 0 aromatic heterocycles. The monoisotopic (exact) mass is 440 g/mol. The first-order valence-corrected chi connectivity index (χ1v) is 10.9. The predicted molar refractivity (Wildman–Crippen MR) is 131 cm³/mol. The number of amides is 1. The number of carbonyl (C=O) groups is 1. The number of rotatable bonds is 8. The van der Waals surface area contributed by atoms with Gasteiger partial charge in [0.25, 0.3) is 5.91 Å². The van der Waals surface area contributed by atoms with Gasteiger partial charge < -0.3 is 14.8 Å². The summed E-state index contributed by atoms with van der Waals surface area (Å²) in [6.07, 6.45) is 1.55. The van der Waals surface area contributed by atoms with Gasteiger partial charge in [-0.25, -0.2) is 0 Å². The van der Waals surface area contributed by atoms with Crippen LogP contribution >= 0.6 is 0 Å². The van der Waals surface area contributed by atoms with Gasteiger partial charge in [-0.3, -0.25) is 4.79 Å². The fourth-order valence-corrected chi connectivity index (χ4v) is 3.36. The van der Waals surface area contributed by atoms with E-state index in [0.29, 0.717) is 36.0 Å². The largest absolute Gasteiger partial charge is 0.490 e. The zero-order chi connectivity index (χ0) is 23.8. The van der Waals surface area contributed by atoms with Gasteiger partial charge in [-0.15, -0.1) is 0 Å². The molecule has 0 fully saturated rings. The number of anilines is 1. The molecule has 0 heterocycles. The van der Waals surface area contributed by atoms with Crippen LogP contribution in [0.1, 0.15) is 34.7 Å². The van der Waals surface area contributed by atoms with E-state index >= 15 is 0 Å². The zero-order valence-corrected chi connectivity index (χ0v) is 19.4. The third kappa shape index (κ3) is 6.24. The lowest BCUT2D eigenvalue weighted by atomic mass is 10.1. The highest BCUT2D eigenvalue weighted by Gasteiger charge is 2.13. The Kier molecular flexibility index (Phi) is 7.88. The molecule has 0 saturated heterocycles. The first-order chi connectivity index (χ1) is 15.9. The van der Waals surface area contributed by atoms with Gasteiger partial charge in [0.15, 0.2) is 11.5 Å². The van der Waals surface area contributed by atoms with E-state index in [2.05, 4.69) is 11.4 Å². The summed E-state index contributed by atoms with van der Waals surface area (Å²) in [6, 6.07) is 21.2. The molecule has 33 heavy (non-hydrogen) atoms. The van der Waals surface area contributed by atoms with Crippen molar-refractivity contribution in [2.75, 3.05) is 11.9 Å². The maximum absolute atomic E-state index is 12.7. The van der Waals surface area contributed by atoms with E-state index in [1.165, 1.54) is 5.56 Å². The Morgan fingerprint density at radius 1 is 1.00 bits per heavy atom. The molecule has 5 nitrogen and oxygen atoms in total. The van der Waals surface area contributed by atoms with Crippen LogP contribution in [0.2, 0.25) is 0 Å². The molecule has 1 N–H and O–H groups in total. The van der Waals surface area contributed by atoms with Crippen molar-refractivity contribution in [1.29, 1.82) is 5.26 Å². The fraction of sp³-hybridized carbons (Fsp3) is 0.214. The predicted octanol–water partition coefficient (Wildman–Crippen LogP) is 6.14. The molecule has 0 radical (unpaired) electrons. The van der Waals surface area contributed by atoms with Crippen molar-refractivity contribution in [3.05, 3.63) is 94.1 Å². The van der Waals surface area contributed by atoms with Crippen LogP contribution in [-0.4, -0.2) is 12.5 Å². The summed E-state index contributed by atoms with van der Waals surface area (Å²) in [6.45, 7) is 8.73. The van der Waals surface area contributed by atoms with Crippen LogP contribution in [0.5, 0.6) is 11.5 Å². The van der Waals surface area contributed by atoms with E-state index in [9.17, 15) is 10.1 Å². The number of nitriles is 1. The summed E-state index contributed by atoms with van der Waals surface area (Å²) in [7, 11) is 0. The van der Waals surface area contributed by atoms with Gasteiger partial charge >= 0.3 is 0 Å². The minimum atomic E-state index is -0.455. The minimum absolute atomic E-state index is 0.00628. The van der Waals surface area contributed by atoms with Crippen LogP contribution in [0.4, 0.5) is 5.69 Å². The number of aryl methyl sites for hydroxylation is 2. The molecule has 0 unspecified atom stereocenters. The Labute approximate surface area is 195 Å². The summed E-state index contributed by atoms with van der Waals surface area (Å²) >= 11 is 0. The van der Waals surface area contributed by atoms with E-state index in [1.807, 2.05) is 70.2 Å². The quantitative estimate of drug-likeness (QED) is 0.338. The summed E-state index contributed by atoms with van der Waals surface area (Å²) in [4.78, 5) is 12.7. The van der Waals surface area contributed by atoms with Crippen molar-refractivity contribution in [1.82, 2.24) is 0 Å². The van der Waals surface area contributed by atoms with Crippen LogP contribution in [-0.2, 0) is 11.4 Å². The topological polar surface area (TPSA) is 71.3 Å². The third-order valence-electron chi connectivity index (χ3n) is 5.27. The van der Waals surface area contributed by atoms with Crippen molar-refractivity contribution in [2.45, 2.75) is 34.3 Å². The van der Waals surface area contributed by atoms with Crippen LogP contribution < -0.4 is 14.8 Å². The lowest BCUT2D eigenvalue weighted by molar-refractivity contribution is -0.112. The average molecular weight is 441 g/mol. The molecule has 1 amide bonds. The number of ether oxygens (including phenoxy) is 2. The molecule has 0 spiro atoms. The average Bonchev–Trinajstić information content (AvgIpc) is 2.80. The van der Waals surface area contributed by atoms with Crippen LogP contribution in [0, 0.1) is 32.1 Å². The van der Waals surface area contributed by atoms with Crippen molar-refractivity contribution in [2.24, 2.45) is 0 Å². The molecule has 0 atom stereocenters. The van der Waals surface area contributed by atoms with Crippen LogP contribution in [0.15, 0.2) is 66.2 Å². The third-order valence-corrected chi connectivity index (χ3v) is 5.27. The van der Waals surface area contributed by atoms with E-state index in [4.69, 9.17) is 9.47 Å². The van der Waals surface area contributed by atoms with Gasteiger partial charge in [0.05, 0.1) is 6.61 Å². The Bertz CT molecular complexity index is 1220. The maximum atomic E-state index is 12.7. The number of nitrogens with one attached hydrogen (secondary N) is 1. The zero-order valence-electron chi connectivity index (χ0n) is 19.4. The highest BCUT2D eigenvalue weighted by Crippen LogP contribution is 2.30. The maximum Gasteiger partial charge on any atom is 0.266 e. The fourth-order valence-electron chi connectivity index (χ4n) is 3.36. The minimum Gasteiger partial charge on any atom is -0.490 e. The summed E-state index contributed by atoms with van der Waals surface area (Å²) in [5.74, 6) is 0.712. The van der Waals surface area contributed by atoms with Crippen molar-refractivity contribution >= 4 is 17.7 Å². The smallest absolute Gasteiger partial charge is 0.266 e. The summed E-state index contributed by atoms with van der Waals surface area (Å²) in [5, 5.41) is 12.4. The Morgan fingerprint density at radius 2 is 1.79 bits per heavy atom. The molecule has 0 saturated carbocycles. The molecule has 5 heteroatoms. The molecule has 0 aliphatic rings. The highest BCUT2D eigenvalue weighted by atomic mass is 16.5. The molecule has 3 aromatic rings. The molecular formula is C28H28N2O3. The lowest BCUT2D eigenvalue weighted by Gasteiger charge is -2.13. The number of hydrogen-bond acceptors (Lipinski definition) is 4. The Hall–Kier alpha value is -4.04. The van der Waals surface area contributed by atoms with Gasteiger partial charge in [-0.2, -0.15) is 5.26 Å². The van der Waals surface area contributed by atoms with Gasteiger partial charge in [0.2, 0.25) is 0 Å². The van der Waals surface area contributed by atoms with E-state index in [-0.39, 0.29) is 5.57 Å². The lowest BCUT2D eigenvalue weighted by Crippen LogP contribution is -2.14. The van der Waals surface area contributed by atoms with Crippen molar-refractivity contribution in [3.63, 3.8) is 0 Å². The van der Waals surface area contributed by atoms with Crippen LogP contribution in [0.3, 0.4) is 0 Å². The van der Waals surface area contributed by atoms with Crippen molar-refractivity contribution in [3.8, 4) is 17.6 Å². The second kappa shape index (κ2) is 11.0. The van der Waals surface area contributed by atoms with Gasteiger partial charge in [-0.1, -0.05) is 48.0 Å². The normalized spacial score (nSPS) is 10.9. The Morgan fingerprint density at radius 3 is 2.52 bits per heavy atom. The number of carbonyl (C=O) groups excluding carboxylic acids is 1. The molecule has 3 aromatic carbocycles. The van der Waals surface area contributed by atoms with Gasteiger partial charge in [0.1, 0.15) is 18.2 Å². The second-order valence-electron chi connectivity index (χ2n) is 7.79. The molecule has 0 bridgehead atoms. The van der Waals surface area contributed by atoms with Gasteiger partial charge in [-0.05, 0) is 74.2 Å². The molecule has 3 rings (SSSR count). The molecular weight excluding hydrogens is 412 g/mol. The summed E-state index contributed by atoms with van der Waals surface area (Å²) < 4.78 is 11.7. The molecule has 0 aliphatic carbocycles. The van der Waals surface area contributed by atoms with E-state index < -0.39 is 5.91 Å². The Balaban J connectivity index is 1.80. The number of nitrogens with zero attached hydrogens (tertiary/aromatic N) is 1. The summed E-state index contributed by atoms with van der Waals surface area (Å²) in [5.41, 5.74) is 5.65. The SMILES string of the molecule is CCOc1cc(/C=C(\C#N)C(=O)Nc2cccc(C)c2C)ccc1OCc1cccc(C)c1. The van der Waals surface area contributed by atoms with E-state index in [1.54, 1.807) is 24.3 Å². The van der Waals surface area contributed by atoms with Gasteiger partial charge in [0, 0.05) is 5.69 Å². The first kappa shape index (κ1) is 23.6. The molecule has 168 valence electrons.